The lowest BCUT2D eigenvalue weighted by Crippen LogP contribution is -2.64. The van der Waals surface area contributed by atoms with Gasteiger partial charge in [0.2, 0.25) is 5.91 Å². The summed E-state index contributed by atoms with van der Waals surface area (Å²) in [5.74, 6) is 0.296. The topological polar surface area (TPSA) is 56.7 Å². The van der Waals surface area contributed by atoms with E-state index in [1.165, 1.54) is 0 Å². The monoisotopic (exact) mass is 219 g/mol. The van der Waals surface area contributed by atoms with Gasteiger partial charge in [0.15, 0.2) is 0 Å². The summed E-state index contributed by atoms with van der Waals surface area (Å²) in [5.41, 5.74) is 5.18. The predicted octanol–water partition coefficient (Wildman–Crippen LogP) is 0.713. The van der Waals surface area contributed by atoms with Crippen LogP contribution in [-0.4, -0.2) is 11.9 Å². The summed E-state index contributed by atoms with van der Waals surface area (Å²) in [6.45, 7) is 0.628. The Hall–Kier alpha value is -1.35. The van der Waals surface area contributed by atoms with E-state index in [4.69, 9.17) is 0 Å². The number of hydrogen-bond acceptors (Lipinski definition) is 1. The molecule has 0 aromatic heterocycles. The molecule has 1 fully saturated rings. The van der Waals surface area contributed by atoms with Gasteiger partial charge in [-0.05, 0) is 18.4 Å². The van der Waals surface area contributed by atoms with Crippen molar-refractivity contribution in [2.45, 2.75) is 31.8 Å². The van der Waals surface area contributed by atoms with Gasteiger partial charge in [0.1, 0.15) is 0 Å². The Morgan fingerprint density at radius 1 is 1.31 bits per heavy atom. The first-order valence-electron chi connectivity index (χ1n) is 5.92. The van der Waals surface area contributed by atoms with Crippen LogP contribution in [-0.2, 0) is 11.3 Å². The van der Waals surface area contributed by atoms with Crippen LogP contribution in [0.25, 0.3) is 0 Å². The molecule has 1 aromatic carbocycles. The standard InChI is InChI=1S/C13H18N2O/c14-12-8-4-7-11(12)13(16)15-9-10-5-2-1-3-6-10/h1-3,5-6,11-12H,4,7-9,14H2,(H,15,16)/p+1/t11-,12+/m1/s1. The molecule has 16 heavy (non-hydrogen) atoms. The maximum Gasteiger partial charge on any atom is 0.229 e. The Bertz CT molecular complexity index is 350. The number of amides is 1. The summed E-state index contributed by atoms with van der Waals surface area (Å²) >= 11 is 0. The van der Waals surface area contributed by atoms with Crippen molar-refractivity contribution in [1.29, 1.82) is 0 Å². The van der Waals surface area contributed by atoms with Gasteiger partial charge in [-0.3, -0.25) is 4.79 Å². The Balaban J connectivity index is 1.84. The number of nitrogens with one attached hydrogen (secondary N) is 1. The molecule has 0 heterocycles. The summed E-state index contributed by atoms with van der Waals surface area (Å²) in [4.78, 5) is 11.9. The highest BCUT2D eigenvalue weighted by molar-refractivity contribution is 5.79. The Morgan fingerprint density at radius 3 is 2.69 bits per heavy atom. The number of hydrogen-bond donors (Lipinski definition) is 2. The summed E-state index contributed by atoms with van der Waals surface area (Å²) in [5, 5.41) is 2.99. The van der Waals surface area contributed by atoms with Gasteiger partial charge in [0, 0.05) is 13.0 Å². The maximum absolute atomic E-state index is 11.9. The maximum atomic E-state index is 11.9. The molecule has 3 heteroatoms. The molecule has 1 aromatic rings. The summed E-state index contributed by atoms with van der Waals surface area (Å²) < 4.78 is 0. The van der Waals surface area contributed by atoms with E-state index in [0.717, 1.165) is 24.8 Å². The van der Waals surface area contributed by atoms with Crippen LogP contribution >= 0.6 is 0 Å². The first-order chi connectivity index (χ1) is 7.77. The second-order valence-electron chi connectivity index (χ2n) is 4.50. The lowest BCUT2D eigenvalue weighted by molar-refractivity contribution is -0.424. The molecule has 0 aliphatic heterocycles. The van der Waals surface area contributed by atoms with Gasteiger partial charge >= 0.3 is 0 Å². The highest BCUT2D eigenvalue weighted by Crippen LogP contribution is 2.22. The average Bonchev–Trinajstić information content (AvgIpc) is 2.74. The van der Waals surface area contributed by atoms with Crippen LogP contribution < -0.4 is 11.1 Å². The van der Waals surface area contributed by atoms with Gasteiger partial charge in [-0.25, -0.2) is 0 Å². The van der Waals surface area contributed by atoms with Crippen molar-refractivity contribution in [1.82, 2.24) is 5.32 Å². The zero-order valence-corrected chi connectivity index (χ0v) is 9.49. The zero-order chi connectivity index (χ0) is 11.4. The van der Waals surface area contributed by atoms with E-state index in [1.54, 1.807) is 0 Å². The number of quaternary nitrogens is 1. The summed E-state index contributed by atoms with van der Waals surface area (Å²) in [7, 11) is 0. The minimum absolute atomic E-state index is 0.128. The first-order valence-corrected chi connectivity index (χ1v) is 5.92. The molecule has 0 unspecified atom stereocenters. The summed E-state index contributed by atoms with van der Waals surface area (Å²) in [6.07, 6.45) is 3.22. The normalized spacial score (nSPS) is 24.3. The third kappa shape index (κ3) is 2.61. The lowest BCUT2D eigenvalue weighted by Gasteiger charge is -2.12. The van der Waals surface area contributed by atoms with Crippen molar-refractivity contribution in [2.75, 3.05) is 0 Å². The van der Waals surface area contributed by atoms with Crippen molar-refractivity contribution < 1.29 is 10.5 Å². The van der Waals surface area contributed by atoms with Gasteiger partial charge in [0.25, 0.3) is 0 Å². The second kappa shape index (κ2) is 5.12. The minimum atomic E-state index is 0.128. The molecule has 0 spiro atoms. The molecule has 0 radical (unpaired) electrons. The van der Waals surface area contributed by atoms with Gasteiger partial charge in [0.05, 0.1) is 12.0 Å². The van der Waals surface area contributed by atoms with E-state index in [1.807, 2.05) is 30.3 Å². The minimum Gasteiger partial charge on any atom is -0.354 e. The van der Waals surface area contributed by atoms with Crippen LogP contribution in [0.5, 0.6) is 0 Å². The Labute approximate surface area is 96.0 Å². The molecular weight excluding hydrogens is 200 g/mol. The van der Waals surface area contributed by atoms with Crippen molar-refractivity contribution in [3.63, 3.8) is 0 Å². The third-order valence-corrected chi connectivity index (χ3v) is 3.31. The molecule has 0 bridgehead atoms. The number of rotatable bonds is 3. The summed E-state index contributed by atoms with van der Waals surface area (Å²) in [6, 6.07) is 10.3. The van der Waals surface area contributed by atoms with Crippen LogP contribution in [0.3, 0.4) is 0 Å². The van der Waals surface area contributed by atoms with E-state index < -0.39 is 0 Å². The van der Waals surface area contributed by atoms with Gasteiger partial charge in [-0.1, -0.05) is 30.3 Å². The van der Waals surface area contributed by atoms with Crippen LogP contribution in [0.15, 0.2) is 30.3 Å². The fraction of sp³-hybridized carbons (Fsp3) is 0.462. The quantitative estimate of drug-likeness (QED) is 0.773. The third-order valence-electron chi connectivity index (χ3n) is 3.31. The van der Waals surface area contributed by atoms with Gasteiger partial charge in [-0.15, -0.1) is 0 Å². The highest BCUT2D eigenvalue weighted by Gasteiger charge is 2.32. The Kier molecular flexibility index (Phi) is 3.57. The fourth-order valence-corrected chi connectivity index (χ4v) is 2.30. The molecule has 86 valence electrons. The molecule has 2 atom stereocenters. The highest BCUT2D eigenvalue weighted by atomic mass is 16.1. The zero-order valence-electron chi connectivity index (χ0n) is 9.49. The number of benzene rings is 1. The average molecular weight is 219 g/mol. The largest absolute Gasteiger partial charge is 0.354 e. The smallest absolute Gasteiger partial charge is 0.229 e. The van der Waals surface area contributed by atoms with E-state index in [0.29, 0.717) is 12.6 Å². The van der Waals surface area contributed by atoms with Crippen molar-refractivity contribution in [3.05, 3.63) is 35.9 Å². The molecular formula is C13H19N2O+. The molecule has 1 amide bonds. The predicted molar refractivity (Wildman–Crippen MR) is 62.3 cm³/mol. The van der Waals surface area contributed by atoms with E-state index in [2.05, 4.69) is 11.1 Å². The van der Waals surface area contributed by atoms with Crippen molar-refractivity contribution >= 4 is 5.91 Å². The molecule has 3 nitrogen and oxygen atoms in total. The van der Waals surface area contributed by atoms with E-state index in [-0.39, 0.29) is 11.8 Å². The molecule has 0 saturated heterocycles. The first kappa shape index (κ1) is 11.1. The molecule has 1 aliphatic carbocycles. The van der Waals surface area contributed by atoms with Crippen LogP contribution in [0.2, 0.25) is 0 Å². The SMILES string of the molecule is [NH3+][C@H]1CCC[C@H]1C(=O)NCc1ccccc1. The lowest BCUT2D eigenvalue weighted by atomic mass is 10.0. The van der Waals surface area contributed by atoms with Gasteiger partial charge in [-0.2, -0.15) is 0 Å². The second-order valence-corrected chi connectivity index (χ2v) is 4.50. The fourth-order valence-electron chi connectivity index (χ4n) is 2.30. The number of carbonyl (C=O) groups excluding carboxylic acids is 1. The van der Waals surface area contributed by atoms with E-state index >= 15 is 0 Å². The molecule has 2 rings (SSSR count). The molecule has 4 N–H and O–H groups in total. The van der Waals surface area contributed by atoms with Crippen LogP contribution in [0.1, 0.15) is 24.8 Å². The van der Waals surface area contributed by atoms with Crippen molar-refractivity contribution in [2.24, 2.45) is 5.92 Å². The molecule has 1 aliphatic rings. The number of carbonyl (C=O) groups is 1. The van der Waals surface area contributed by atoms with Crippen LogP contribution in [0.4, 0.5) is 0 Å². The van der Waals surface area contributed by atoms with Crippen LogP contribution in [0, 0.1) is 5.92 Å². The van der Waals surface area contributed by atoms with Gasteiger partial charge < -0.3 is 11.1 Å². The van der Waals surface area contributed by atoms with Crippen molar-refractivity contribution in [3.8, 4) is 0 Å². The Morgan fingerprint density at radius 2 is 2.06 bits per heavy atom. The van der Waals surface area contributed by atoms with E-state index in [9.17, 15) is 4.79 Å². The molecule has 1 saturated carbocycles.